The lowest BCUT2D eigenvalue weighted by atomic mass is 9.84. The van der Waals surface area contributed by atoms with E-state index < -0.39 is 5.54 Å². The summed E-state index contributed by atoms with van der Waals surface area (Å²) in [4.78, 5) is 12.3. The van der Waals surface area contributed by atoms with Crippen LogP contribution in [-0.4, -0.2) is 23.0 Å². The van der Waals surface area contributed by atoms with Crippen LogP contribution in [0, 0.1) is 17.2 Å². The van der Waals surface area contributed by atoms with Crippen LogP contribution in [-0.2, 0) is 4.79 Å². The summed E-state index contributed by atoms with van der Waals surface area (Å²) < 4.78 is 0. The first-order chi connectivity index (χ1) is 9.74. The average Bonchev–Trinajstić information content (AvgIpc) is 2.43. The highest BCUT2D eigenvalue weighted by Gasteiger charge is 2.32. The van der Waals surface area contributed by atoms with E-state index in [-0.39, 0.29) is 5.91 Å². The summed E-state index contributed by atoms with van der Waals surface area (Å²) in [7, 11) is 0. The third-order valence-electron chi connectivity index (χ3n) is 4.61. The van der Waals surface area contributed by atoms with Gasteiger partial charge in [-0.25, -0.2) is 0 Å². The minimum atomic E-state index is -0.582. The van der Waals surface area contributed by atoms with Gasteiger partial charge in [0, 0.05) is 6.42 Å². The lowest BCUT2D eigenvalue weighted by Crippen LogP contribution is -2.48. The van der Waals surface area contributed by atoms with Gasteiger partial charge in [-0.3, -0.25) is 4.79 Å². The molecule has 20 heavy (non-hydrogen) atoms. The van der Waals surface area contributed by atoms with Crippen LogP contribution in [0.25, 0.3) is 0 Å². The van der Waals surface area contributed by atoms with Crippen molar-refractivity contribution >= 4 is 17.7 Å². The second-order valence-corrected chi connectivity index (χ2v) is 7.49. The lowest BCUT2D eigenvalue weighted by Gasteiger charge is -2.31. The smallest absolute Gasteiger partial charge is 0.221 e. The van der Waals surface area contributed by atoms with Crippen LogP contribution >= 0.6 is 11.8 Å². The Kier molecular flexibility index (Phi) is 6.22. The Labute approximate surface area is 126 Å². The summed E-state index contributed by atoms with van der Waals surface area (Å²) in [6.45, 7) is 0. The van der Waals surface area contributed by atoms with E-state index >= 15 is 0 Å². The molecule has 0 aromatic carbocycles. The molecule has 4 heteroatoms. The zero-order valence-corrected chi connectivity index (χ0v) is 13.1. The fourth-order valence-electron chi connectivity index (χ4n) is 3.30. The predicted molar refractivity (Wildman–Crippen MR) is 83.5 cm³/mol. The van der Waals surface area contributed by atoms with Gasteiger partial charge in [-0.05, 0) is 43.1 Å². The molecule has 112 valence electrons. The first kappa shape index (κ1) is 15.7. The quantitative estimate of drug-likeness (QED) is 0.864. The van der Waals surface area contributed by atoms with E-state index in [4.69, 9.17) is 0 Å². The van der Waals surface area contributed by atoms with Crippen molar-refractivity contribution in [1.29, 1.82) is 5.26 Å². The molecule has 0 aromatic heterocycles. The molecule has 1 heterocycles. The van der Waals surface area contributed by atoms with Crippen molar-refractivity contribution in [3.8, 4) is 6.07 Å². The zero-order chi connectivity index (χ0) is 14.3. The zero-order valence-electron chi connectivity index (χ0n) is 12.3. The third-order valence-corrected chi connectivity index (χ3v) is 5.66. The molecular weight excluding hydrogens is 268 g/mol. The summed E-state index contributed by atoms with van der Waals surface area (Å²) in [5.74, 6) is 2.99. The van der Waals surface area contributed by atoms with Crippen LogP contribution in [0.3, 0.4) is 0 Å². The molecule has 1 aliphatic carbocycles. The van der Waals surface area contributed by atoms with E-state index in [1.54, 1.807) is 0 Å². The van der Waals surface area contributed by atoms with E-state index in [1.165, 1.54) is 30.8 Å². The van der Waals surface area contributed by atoms with Crippen LogP contribution in [0.4, 0.5) is 0 Å². The molecule has 1 amide bonds. The number of carbonyl (C=O) groups excluding carboxylic acids is 1. The summed E-state index contributed by atoms with van der Waals surface area (Å²) in [5, 5.41) is 12.6. The van der Waals surface area contributed by atoms with Crippen LogP contribution in [0.1, 0.15) is 64.2 Å². The monoisotopic (exact) mass is 294 g/mol. The molecule has 1 N–H and O–H groups in total. The molecule has 0 aromatic rings. The third kappa shape index (κ3) is 4.70. The van der Waals surface area contributed by atoms with Gasteiger partial charge in [-0.2, -0.15) is 17.0 Å². The number of nitrogens with one attached hydrogen (secondary N) is 1. The first-order valence-corrected chi connectivity index (χ1v) is 9.20. The Balaban J connectivity index is 1.87. The van der Waals surface area contributed by atoms with E-state index in [0.717, 1.165) is 38.5 Å². The van der Waals surface area contributed by atoms with Crippen molar-refractivity contribution in [2.75, 3.05) is 11.5 Å². The van der Waals surface area contributed by atoms with Crippen molar-refractivity contribution in [2.24, 2.45) is 5.92 Å². The highest BCUT2D eigenvalue weighted by atomic mass is 32.2. The fraction of sp³-hybridized carbons (Fsp3) is 0.875. The van der Waals surface area contributed by atoms with Gasteiger partial charge < -0.3 is 5.32 Å². The second kappa shape index (κ2) is 7.93. The van der Waals surface area contributed by atoms with Gasteiger partial charge in [-0.15, -0.1) is 0 Å². The molecule has 0 spiro atoms. The molecule has 1 aliphatic heterocycles. The van der Waals surface area contributed by atoms with Gasteiger partial charge in [0.25, 0.3) is 0 Å². The van der Waals surface area contributed by atoms with E-state index in [9.17, 15) is 10.1 Å². The maximum atomic E-state index is 12.3. The number of nitriles is 1. The maximum absolute atomic E-state index is 12.3. The molecule has 1 saturated carbocycles. The minimum absolute atomic E-state index is 0.101. The number of rotatable bonds is 3. The van der Waals surface area contributed by atoms with Gasteiger partial charge >= 0.3 is 0 Å². The number of hydrogen-bond acceptors (Lipinski definition) is 3. The Hall–Kier alpha value is -0.690. The fourth-order valence-corrected chi connectivity index (χ4v) is 4.51. The maximum Gasteiger partial charge on any atom is 0.221 e. The Bertz CT molecular complexity index is 350. The minimum Gasteiger partial charge on any atom is -0.338 e. The van der Waals surface area contributed by atoms with Crippen molar-refractivity contribution in [1.82, 2.24) is 5.32 Å². The van der Waals surface area contributed by atoms with E-state index in [1.807, 2.05) is 11.8 Å². The molecule has 2 aliphatic rings. The molecule has 2 fully saturated rings. The van der Waals surface area contributed by atoms with E-state index in [2.05, 4.69) is 11.4 Å². The number of amides is 1. The van der Waals surface area contributed by atoms with Crippen LogP contribution in [0.5, 0.6) is 0 Å². The van der Waals surface area contributed by atoms with Gasteiger partial charge in [0.2, 0.25) is 5.91 Å². The topological polar surface area (TPSA) is 52.9 Å². The predicted octanol–water partition coefficient (Wildman–Crippen LogP) is 3.64. The highest BCUT2D eigenvalue weighted by molar-refractivity contribution is 7.99. The van der Waals surface area contributed by atoms with Gasteiger partial charge in [0.1, 0.15) is 5.54 Å². The molecule has 0 unspecified atom stereocenters. The van der Waals surface area contributed by atoms with Gasteiger partial charge in [-0.1, -0.05) is 32.1 Å². The van der Waals surface area contributed by atoms with Gasteiger partial charge in [0.05, 0.1) is 6.07 Å². The standard InChI is InChI=1S/C16H26N2OS/c17-13-16(8-4-2-1-3-5-9-16)18-15(19)12-14-6-10-20-11-7-14/h14H,1-12H2,(H,18,19). The Morgan fingerprint density at radius 1 is 1.15 bits per heavy atom. The summed E-state index contributed by atoms with van der Waals surface area (Å²) in [5.41, 5.74) is -0.582. The van der Waals surface area contributed by atoms with Crippen LogP contribution < -0.4 is 5.32 Å². The van der Waals surface area contributed by atoms with E-state index in [0.29, 0.717) is 12.3 Å². The largest absolute Gasteiger partial charge is 0.338 e. The molecule has 1 saturated heterocycles. The summed E-state index contributed by atoms with van der Waals surface area (Å²) in [6.07, 6.45) is 10.4. The second-order valence-electron chi connectivity index (χ2n) is 6.27. The molecule has 3 nitrogen and oxygen atoms in total. The first-order valence-electron chi connectivity index (χ1n) is 8.04. The van der Waals surface area contributed by atoms with Gasteiger partial charge in [0.15, 0.2) is 0 Å². The lowest BCUT2D eigenvalue weighted by molar-refractivity contribution is -0.123. The SMILES string of the molecule is N#CC1(NC(=O)CC2CCSCC2)CCCCCCC1. The van der Waals surface area contributed by atoms with Crippen molar-refractivity contribution in [3.63, 3.8) is 0 Å². The van der Waals surface area contributed by atoms with Crippen LogP contribution in [0.2, 0.25) is 0 Å². The summed E-state index contributed by atoms with van der Waals surface area (Å²) in [6, 6.07) is 2.42. The molecular formula is C16H26N2OS. The Morgan fingerprint density at radius 2 is 1.75 bits per heavy atom. The molecule has 0 radical (unpaired) electrons. The van der Waals surface area contributed by atoms with Crippen molar-refractivity contribution < 1.29 is 4.79 Å². The number of carbonyl (C=O) groups is 1. The number of nitrogens with zero attached hydrogens (tertiary/aromatic N) is 1. The number of thioether (sulfide) groups is 1. The van der Waals surface area contributed by atoms with Crippen LogP contribution in [0.15, 0.2) is 0 Å². The average molecular weight is 294 g/mol. The normalized spacial score (nSPS) is 24.1. The highest BCUT2D eigenvalue weighted by Crippen LogP contribution is 2.28. The van der Waals surface area contributed by atoms with Crippen molar-refractivity contribution in [3.05, 3.63) is 0 Å². The molecule has 2 rings (SSSR count). The number of hydrogen-bond donors (Lipinski definition) is 1. The Morgan fingerprint density at radius 3 is 2.35 bits per heavy atom. The molecule has 0 atom stereocenters. The van der Waals surface area contributed by atoms with Crippen molar-refractivity contribution in [2.45, 2.75) is 69.7 Å². The summed E-state index contributed by atoms with van der Waals surface area (Å²) >= 11 is 1.99. The molecule has 0 bridgehead atoms.